The molecule has 0 aliphatic heterocycles. The number of aromatic nitrogens is 4. The van der Waals surface area contributed by atoms with E-state index < -0.39 is 0 Å². The first-order valence-corrected chi connectivity index (χ1v) is 8.99. The molecule has 0 saturated heterocycles. The third-order valence-corrected chi connectivity index (χ3v) is 4.10. The molecule has 28 heavy (non-hydrogen) atoms. The van der Waals surface area contributed by atoms with Crippen LogP contribution in [-0.2, 0) is 0 Å². The van der Waals surface area contributed by atoms with Crippen LogP contribution in [0.5, 0.6) is 0 Å². The minimum atomic E-state index is 0.717. The van der Waals surface area contributed by atoms with Crippen LogP contribution in [0, 0.1) is 13.8 Å². The van der Waals surface area contributed by atoms with Gasteiger partial charge in [0.05, 0.1) is 11.4 Å². The van der Waals surface area contributed by atoms with Gasteiger partial charge in [0.15, 0.2) is 0 Å². The summed E-state index contributed by atoms with van der Waals surface area (Å²) in [6, 6.07) is 19.5. The first-order chi connectivity index (χ1) is 13.7. The minimum absolute atomic E-state index is 0.717. The predicted molar refractivity (Wildman–Crippen MR) is 112 cm³/mol. The lowest BCUT2D eigenvalue weighted by atomic mass is 10.2. The van der Waals surface area contributed by atoms with Gasteiger partial charge in [0, 0.05) is 12.4 Å². The molecule has 0 fully saturated rings. The van der Waals surface area contributed by atoms with Crippen LogP contribution in [0.4, 0.5) is 23.3 Å². The summed E-state index contributed by atoms with van der Waals surface area (Å²) in [6.45, 7) is 4.02. The van der Waals surface area contributed by atoms with Gasteiger partial charge in [0.1, 0.15) is 23.3 Å². The van der Waals surface area contributed by atoms with Crippen molar-refractivity contribution >= 4 is 23.3 Å². The second kappa shape index (κ2) is 7.84. The molecule has 0 aromatic carbocycles. The lowest BCUT2D eigenvalue weighted by Gasteiger charge is -2.09. The van der Waals surface area contributed by atoms with E-state index in [1.807, 2.05) is 86.9 Å². The van der Waals surface area contributed by atoms with E-state index in [2.05, 4.69) is 30.6 Å². The van der Waals surface area contributed by atoms with Gasteiger partial charge in [-0.3, -0.25) is 0 Å². The van der Waals surface area contributed by atoms with Gasteiger partial charge < -0.3 is 10.6 Å². The van der Waals surface area contributed by atoms with Gasteiger partial charge in [0.25, 0.3) is 0 Å². The summed E-state index contributed by atoms with van der Waals surface area (Å²) in [6.07, 6.45) is 3.64. The highest BCUT2D eigenvalue weighted by Crippen LogP contribution is 2.21. The van der Waals surface area contributed by atoms with Crippen LogP contribution in [0.15, 0.2) is 73.1 Å². The van der Waals surface area contributed by atoms with Crippen LogP contribution in [0.1, 0.15) is 11.1 Å². The summed E-state index contributed by atoms with van der Waals surface area (Å²) in [5.74, 6) is 2.94. The van der Waals surface area contributed by atoms with Crippen molar-refractivity contribution in [2.45, 2.75) is 13.8 Å². The van der Waals surface area contributed by atoms with Crippen LogP contribution >= 0.6 is 0 Å². The Morgan fingerprint density at radius 1 is 0.536 bits per heavy atom. The van der Waals surface area contributed by atoms with Crippen LogP contribution in [-0.4, -0.2) is 19.9 Å². The Kier molecular flexibility index (Phi) is 4.93. The Bertz CT molecular complexity index is 986. The molecule has 0 amide bonds. The second-order valence-electron chi connectivity index (χ2n) is 6.51. The summed E-state index contributed by atoms with van der Waals surface area (Å²) in [4.78, 5) is 18.0. The second-order valence-corrected chi connectivity index (χ2v) is 6.51. The Morgan fingerprint density at radius 2 is 1.00 bits per heavy atom. The maximum absolute atomic E-state index is 4.66. The standard InChI is InChI=1S/C22H20N6/c1-15-9-11-19(23-13-15)27-21-7-3-5-17(25-21)18-6-4-8-22(26-18)28-20-12-10-16(2)14-24-20/h3-14H,1-2H3,(H,23,25,27)(H,24,26,28). The lowest BCUT2D eigenvalue weighted by molar-refractivity contribution is 1.20. The van der Waals surface area contributed by atoms with E-state index in [0.717, 1.165) is 34.2 Å². The number of aryl methyl sites for hydroxylation is 2. The third kappa shape index (κ3) is 4.29. The predicted octanol–water partition coefficient (Wildman–Crippen LogP) is 5.04. The molecule has 0 saturated carbocycles. The number of hydrogen-bond acceptors (Lipinski definition) is 6. The summed E-state index contributed by atoms with van der Waals surface area (Å²) in [5, 5.41) is 6.45. The van der Waals surface area contributed by atoms with Crippen molar-refractivity contribution in [3.63, 3.8) is 0 Å². The number of pyridine rings is 4. The van der Waals surface area contributed by atoms with Gasteiger partial charge in [-0.05, 0) is 61.4 Å². The number of anilines is 4. The average Bonchev–Trinajstić information content (AvgIpc) is 2.72. The Balaban J connectivity index is 1.55. The molecule has 6 heteroatoms. The van der Waals surface area contributed by atoms with Crippen LogP contribution < -0.4 is 10.6 Å². The minimum Gasteiger partial charge on any atom is -0.325 e. The molecular formula is C22H20N6. The molecule has 4 heterocycles. The largest absolute Gasteiger partial charge is 0.325 e. The van der Waals surface area contributed by atoms with Crippen molar-refractivity contribution in [2.75, 3.05) is 10.6 Å². The van der Waals surface area contributed by atoms with Crippen LogP contribution in [0.3, 0.4) is 0 Å². The first kappa shape index (κ1) is 17.6. The maximum Gasteiger partial charge on any atom is 0.132 e. The van der Waals surface area contributed by atoms with Crippen molar-refractivity contribution in [3.8, 4) is 11.4 Å². The number of hydrogen-bond donors (Lipinski definition) is 2. The highest BCUT2D eigenvalue weighted by molar-refractivity contribution is 5.63. The molecule has 4 aromatic heterocycles. The third-order valence-electron chi connectivity index (χ3n) is 4.10. The monoisotopic (exact) mass is 368 g/mol. The first-order valence-electron chi connectivity index (χ1n) is 8.99. The van der Waals surface area contributed by atoms with Gasteiger partial charge in [-0.25, -0.2) is 19.9 Å². The van der Waals surface area contributed by atoms with Gasteiger partial charge in [0.2, 0.25) is 0 Å². The maximum atomic E-state index is 4.66. The fourth-order valence-electron chi connectivity index (χ4n) is 2.64. The fourth-order valence-corrected chi connectivity index (χ4v) is 2.64. The molecule has 2 N–H and O–H groups in total. The Hall–Kier alpha value is -3.80. The zero-order valence-corrected chi connectivity index (χ0v) is 15.7. The van der Waals surface area contributed by atoms with E-state index in [1.54, 1.807) is 0 Å². The lowest BCUT2D eigenvalue weighted by Crippen LogP contribution is -1.99. The van der Waals surface area contributed by atoms with E-state index in [1.165, 1.54) is 0 Å². The smallest absolute Gasteiger partial charge is 0.132 e. The van der Waals surface area contributed by atoms with Crippen molar-refractivity contribution in [1.29, 1.82) is 0 Å². The van der Waals surface area contributed by atoms with Gasteiger partial charge in [-0.1, -0.05) is 24.3 Å². The SMILES string of the molecule is Cc1ccc(Nc2cccc(-c3cccc(Nc4ccc(C)cn4)n3)n2)nc1. The summed E-state index contributed by atoms with van der Waals surface area (Å²) >= 11 is 0. The van der Waals surface area contributed by atoms with Crippen molar-refractivity contribution in [3.05, 3.63) is 84.2 Å². The van der Waals surface area contributed by atoms with E-state index in [9.17, 15) is 0 Å². The molecule has 4 aromatic rings. The zero-order chi connectivity index (χ0) is 19.3. The molecule has 0 radical (unpaired) electrons. The molecule has 138 valence electrons. The van der Waals surface area contributed by atoms with E-state index in [4.69, 9.17) is 0 Å². The van der Waals surface area contributed by atoms with Crippen molar-refractivity contribution < 1.29 is 0 Å². The molecule has 6 nitrogen and oxygen atoms in total. The topological polar surface area (TPSA) is 75.6 Å². The Morgan fingerprint density at radius 3 is 1.39 bits per heavy atom. The summed E-state index contributed by atoms with van der Waals surface area (Å²) < 4.78 is 0. The molecular weight excluding hydrogens is 348 g/mol. The number of nitrogens with zero attached hydrogens (tertiary/aromatic N) is 4. The number of nitrogens with one attached hydrogen (secondary N) is 2. The average molecular weight is 368 g/mol. The summed E-state index contributed by atoms with van der Waals surface area (Å²) in [7, 11) is 0. The molecule has 0 aliphatic rings. The highest BCUT2D eigenvalue weighted by atomic mass is 15.1. The van der Waals surface area contributed by atoms with Crippen molar-refractivity contribution in [1.82, 2.24) is 19.9 Å². The van der Waals surface area contributed by atoms with E-state index in [-0.39, 0.29) is 0 Å². The van der Waals surface area contributed by atoms with Gasteiger partial charge in [-0.2, -0.15) is 0 Å². The molecule has 0 aliphatic carbocycles. The normalized spacial score (nSPS) is 10.5. The van der Waals surface area contributed by atoms with E-state index >= 15 is 0 Å². The molecule has 4 rings (SSSR count). The molecule has 0 bridgehead atoms. The van der Waals surface area contributed by atoms with Crippen molar-refractivity contribution in [2.24, 2.45) is 0 Å². The zero-order valence-electron chi connectivity index (χ0n) is 15.7. The number of rotatable bonds is 5. The fraction of sp³-hybridized carbons (Fsp3) is 0.0909. The van der Waals surface area contributed by atoms with Crippen LogP contribution in [0.2, 0.25) is 0 Å². The van der Waals surface area contributed by atoms with Crippen LogP contribution in [0.25, 0.3) is 11.4 Å². The molecule has 0 unspecified atom stereocenters. The Labute approximate surface area is 163 Å². The quantitative estimate of drug-likeness (QED) is 0.514. The molecule has 0 spiro atoms. The summed E-state index contributed by atoms with van der Waals surface area (Å²) in [5.41, 5.74) is 3.78. The van der Waals surface area contributed by atoms with Gasteiger partial charge >= 0.3 is 0 Å². The van der Waals surface area contributed by atoms with Gasteiger partial charge in [-0.15, -0.1) is 0 Å². The van der Waals surface area contributed by atoms with E-state index in [0.29, 0.717) is 11.6 Å². The molecule has 0 atom stereocenters. The highest BCUT2D eigenvalue weighted by Gasteiger charge is 2.05.